The Labute approximate surface area is 70.8 Å². The lowest BCUT2D eigenvalue weighted by Crippen LogP contribution is -2.29. The third-order valence-corrected chi connectivity index (χ3v) is 2.85. The van der Waals surface area contributed by atoms with Gasteiger partial charge in [-0.05, 0) is 24.7 Å². The highest BCUT2D eigenvalue weighted by Crippen LogP contribution is 2.33. The summed E-state index contributed by atoms with van der Waals surface area (Å²) >= 11 is 0. The maximum atomic E-state index is 9.38. The second-order valence-electron chi connectivity index (χ2n) is 4.27. The molecule has 1 nitrogen and oxygen atoms in total. The lowest BCUT2D eigenvalue weighted by molar-refractivity contribution is 0.0533. The predicted octanol–water partition coefficient (Wildman–Crippen LogP) is 2.83. The molecule has 0 rings (SSSR count). The van der Waals surface area contributed by atoms with Crippen LogP contribution in [0.1, 0.15) is 47.5 Å². The normalized spacial score (nSPS) is 18.0. The SMILES string of the molecule is CCCC(C)(C)C(C)C(C)O. The van der Waals surface area contributed by atoms with Gasteiger partial charge in [0.25, 0.3) is 0 Å². The Morgan fingerprint density at radius 2 is 1.73 bits per heavy atom. The lowest BCUT2D eigenvalue weighted by atomic mass is 9.74. The summed E-state index contributed by atoms with van der Waals surface area (Å²) in [4.78, 5) is 0. The van der Waals surface area contributed by atoms with E-state index in [0.717, 1.165) is 0 Å². The first-order valence-electron chi connectivity index (χ1n) is 4.60. The molecule has 68 valence electrons. The molecule has 2 atom stereocenters. The smallest absolute Gasteiger partial charge is 0.0542 e. The topological polar surface area (TPSA) is 20.2 Å². The highest BCUT2D eigenvalue weighted by molar-refractivity contribution is 4.77. The van der Waals surface area contributed by atoms with Crippen molar-refractivity contribution in [1.29, 1.82) is 0 Å². The van der Waals surface area contributed by atoms with Crippen LogP contribution in [0.15, 0.2) is 0 Å². The molecule has 0 bridgehead atoms. The van der Waals surface area contributed by atoms with E-state index in [0.29, 0.717) is 5.92 Å². The van der Waals surface area contributed by atoms with Crippen LogP contribution in [0.25, 0.3) is 0 Å². The highest BCUT2D eigenvalue weighted by Gasteiger charge is 2.27. The Kier molecular flexibility index (Phi) is 4.09. The zero-order valence-electron chi connectivity index (χ0n) is 8.52. The van der Waals surface area contributed by atoms with Gasteiger partial charge in [-0.15, -0.1) is 0 Å². The fourth-order valence-electron chi connectivity index (χ4n) is 1.52. The summed E-state index contributed by atoms with van der Waals surface area (Å²) in [5, 5.41) is 9.38. The summed E-state index contributed by atoms with van der Waals surface area (Å²) in [5.74, 6) is 0.391. The Balaban J connectivity index is 4.05. The first kappa shape index (κ1) is 11.0. The molecule has 0 spiro atoms. The largest absolute Gasteiger partial charge is 0.393 e. The van der Waals surface area contributed by atoms with Crippen LogP contribution in [0.2, 0.25) is 0 Å². The third-order valence-electron chi connectivity index (χ3n) is 2.85. The lowest BCUT2D eigenvalue weighted by Gasteiger charge is -2.33. The molecule has 11 heavy (non-hydrogen) atoms. The summed E-state index contributed by atoms with van der Waals surface area (Å²) in [7, 11) is 0. The van der Waals surface area contributed by atoms with Crippen LogP contribution >= 0.6 is 0 Å². The van der Waals surface area contributed by atoms with Crippen molar-refractivity contribution in [3.05, 3.63) is 0 Å². The number of aliphatic hydroxyl groups is 1. The van der Waals surface area contributed by atoms with Crippen LogP contribution in [0.5, 0.6) is 0 Å². The minimum absolute atomic E-state index is 0.184. The third kappa shape index (κ3) is 3.24. The van der Waals surface area contributed by atoms with E-state index in [1.807, 2.05) is 6.92 Å². The number of hydrogen-bond acceptors (Lipinski definition) is 1. The van der Waals surface area contributed by atoms with Crippen LogP contribution in [0, 0.1) is 11.3 Å². The minimum Gasteiger partial charge on any atom is -0.393 e. The molecule has 0 aromatic carbocycles. The first-order chi connectivity index (χ1) is 4.91. The van der Waals surface area contributed by atoms with Gasteiger partial charge in [0.1, 0.15) is 0 Å². The van der Waals surface area contributed by atoms with E-state index < -0.39 is 0 Å². The van der Waals surface area contributed by atoms with Crippen molar-refractivity contribution in [2.45, 2.75) is 53.6 Å². The Morgan fingerprint density at radius 1 is 1.27 bits per heavy atom. The van der Waals surface area contributed by atoms with Gasteiger partial charge in [0.05, 0.1) is 6.10 Å². The van der Waals surface area contributed by atoms with Crippen LogP contribution in [0.3, 0.4) is 0 Å². The van der Waals surface area contributed by atoms with E-state index in [4.69, 9.17) is 0 Å². The van der Waals surface area contributed by atoms with E-state index >= 15 is 0 Å². The Hall–Kier alpha value is -0.0400. The fourth-order valence-corrected chi connectivity index (χ4v) is 1.52. The average molecular weight is 158 g/mol. The number of hydrogen-bond donors (Lipinski definition) is 1. The van der Waals surface area contributed by atoms with Gasteiger partial charge in [0.2, 0.25) is 0 Å². The van der Waals surface area contributed by atoms with E-state index in [9.17, 15) is 5.11 Å². The van der Waals surface area contributed by atoms with Gasteiger partial charge in [0.15, 0.2) is 0 Å². The molecule has 0 amide bonds. The molecule has 2 unspecified atom stereocenters. The van der Waals surface area contributed by atoms with Crippen molar-refractivity contribution in [2.75, 3.05) is 0 Å². The highest BCUT2D eigenvalue weighted by atomic mass is 16.3. The molecule has 0 aromatic heterocycles. The second-order valence-corrected chi connectivity index (χ2v) is 4.27. The van der Waals surface area contributed by atoms with Gasteiger partial charge in [0, 0.05) is 0 Å². The number of rotatable bonds is 4. The van der Waals surface area contributed by atoms with Crippen LogP contribution in [0.4, 0.5) is 0 Å². The van der Waals surface area contributed by atoms with Crippen molar-refractivity contribution >= 4 is 0 Å². The van der Waals surface area contributed by atoms with E-state index in [-0.39, 0.29) is 11.5 Å². The molecule has 1 heteroatoms. The molecule has 0 fully saturated rings. The molecule has 0 saturated carbocycles. The molecular formula is C10H22O. The van der Waals surface area contributed by atoms with Crippen molar-refractivity contribution in [2.24, 2.45) is 11.3 Å². The van der Waals surface area contributed by atoms with Crippen LogP contribution in [-0.2, 0) is 0 Å². The molecule has 0 heterocycles. The molecule has 0 saturated heterocycles. The van der Waals surface area contributed by atoms with E-state index in [1.54, 1.807) is 0 Å². The van der Waals surface area contributed by atoms with Gasteiger partial charge in [-0.2, -0.15) is 0 Å². The standard InChI is InChI=1S/C10H22O/c1-6-7-10(4,5)8(2)9(3)11/h8-9,11H,6-7H2,1-5H3. The maximum absolute atomic E-state index is 9.38. The van der Waals surface area contributed by atoms with E-state index in [1.165, 1.54) is 12.8 Å². The number of aliphatic hydroxyl groups excluding tert-OH is 1. The van der Waals surface area contributed by atoms with Crippen molar-refractivity contribution in [3.8, 4) is 0 Å². The van der Waals surface area contributed by atoms with Crippen molar-refractivity contribution in [1.82, 2.24) is 0 Å². The Bertz CT molecular complexity index is 105. The Morgan fingerprint density at radius 3 is 2.00 bits per heavy atom. The quantitative estimate of drug-likeness (QED) is 0.667. The summed E-state index contributed by atoms with van der Waals surface area (Å²) < 4.78 is 0. The molecule has 0 aromatic rings. The summed E-state index contributed by atoms with van der Waals surface area (Å²) in [5.41, 5.74) is 0.281. The molecule has 1 N–H and O–H groups in total. The molecule has 0 aliphatic carbocycles. The minimum atomic E-state index is -0.184. The molecular weight excluding hydrogens is 136 g/mol. The zero-order chi connectivity index (χ0) is 9.07. The fraction of sp³-hybridized carbons (Fsp3) is 1.00. The van der Waals surface area contributed by atoms with E-state index in [2.05, 4.69) is 27.7 Å². The van der Waals surface area contributed by atoms with Crippen molar-refractivity contribution in [3.63, 3.8) is 0 Å². The van der Waals surface area contributed by atoms with Crippen LogP contribution in [-0.4, -0.2) is 11.2 Å². The molecule has 0 aliphatic heterocycles. The average Bonchev–Trinajstić information content (AvgIpc) is 1.86. The molecule has 0 radical (unpaired) electrons. The van der Waals surface area contributed by atoms with Gasteiger partial charge in [-0.3, -0.25) is 0 Å². The van der Waals surface area contributed by atoms with Gasteiger partial charge in [-0.25, -0.2) is 0 Å². The van der Waals surface area contributed by atoms with Gasteiger partial charge < -0.3 is 5.11 Å². The van der Waals surface area contributed by atoms with Gasteiger partial charge in [-0.1, -0.05) is 34.1 Å². The monoisotopic (exact) mass is 158 g/mol. The summed E-state index contributed by atoms with van der Waals surface area (Å²) in [6.07, 6.45) is 2.21. The maximum Gasteiger partial charge on any atom is 0.0542 e. The summed E-state index contributed by atoms with van der Waals surface area (Å²) in [6.45, 7) is 10.7. The van der Waals surface area contributed by atoms with Crippen molar-refractivity contribution < 1.29 is 5.11 Å². The predicted molar refractivity (Wildman–Crippen MR) is 49.5 cm³/mol. The molecule has 0 aliphatic rings. The summed E-state index contributed by atoms with van der Waals surface area (Å²) in [6, 6.07) is 0. The zero-order valence-corrected chi connectivity index (χ0v) is 8.52. The van der Waals surface area contributed by atoms with Gasteiger partial charge >= 0.3 is 0 Å². The van der Waals surface area contributed by atoms with Crippen LogP contribution < -0.4 is 0 Å². The first-order valence-corrected chi connectivity index (χ1v) is 4.60. The second kappa shape index (κ2) is 4.10.